The SMILES string of the molecule is CCc1ccc(NC(=O)c2nn(-c3ccc(CC)cc3)ccc2=O)cc1. The third kappa shape index (κ3) is 3.88. The van der Waals surface area contributed by atoms with E-state index in [0.29, 0.717) is 5.69 Å². The van der Waals surface area contributed by atoms with Gasteiger partial charge in [-0.1, -0.05) is 38.1 Å². The summed E-state index contributed by atoms with van der Waals surface area (Å²) in [6, 6.07) is 16.7. The highest BCUT2D eigenvalue weighted by Gasteiger charge is 2.13. The molecule has 0 atom stereocenters. The molecule has 0 aliphatic rings. The van der Waals surface area contributed by atoms with Gasteiger partial charge in [0.25, 0.3) is 5.91 Å². The largest absolute Gasteiger partial charge is 0.320 e. The second kappa shape index (κ2) is 7.78. The van der Waals surface area contributed by atoms with E-state index in [9.17, 15) is 9.59 Å². The molecular weight excluding hydrogens is 326 g/mol. The predicted octanol–water partition coefficient (Wildman–Crippen LogP) is 3.61. The van der Waals surface area contributed by atoms with Gasteiger partial charge >= 0.3 is 0 Å². The van der Waals surface area contributed by atoms with Gasteiger partial charge in [-0.25, -0.2) is 4.68 Å². The standard InChI is InChI=1S/C21H21N3O2/c1-3-15-5-9-17(10-6-15)22-21(26)20-19(25)13-14-24(23-20)18-11-7-16(4-2)8-12-18/h5-14H,3-4H2,1-2H3,(H,22,26). The summed E-state index contributed by atoms with van der Waals surface area (Å²) in [6.45, 7) is 4.15. The van der Waals surface area contributed by atoms with Crippen molar-refractivity contribution < 1.29 is 4.79 Å². The first-order chi connectivity index (χ1) is 12.6. The number of benzene rings is 2. The van der Waals surface area contributed by atoms with Gasteiger partial charge in [0.2, 0.25) is 5.43 Å². The van der Waals surface area contributed by atoms with Crippen molar-refractivity contribution in [2.24, 2.45) is 0 Å². The molecule has 1 aromatic heterocycles. The molecule has 3 rings (SSSR count). The number of nitrogens with one attached hydrogen (secondary N) is 1. The average Bonchev–Trinajstić information content (AvgIpc) is 2.69. The Balaban J connectivity index is 1.86. The summed E-state index contributed by atoms with van der Waals surface area (Å²) in [5.41, 5.74) is 3.28. The van der Waals surface area contributed by atoms with Crippen molar-refractivity contribution in [3.05, 3.63) is 87.8 Å². The van der Waals surface area contributed by atoms with Crippen LogP contribution < -0.4 is 10.7 Å². The quantitative estimate of drug-likeness (QED) is 0.767. The smallest absolute Gasteiger partial charge is 0.280 e. The molecule has 3 aromatic rings. The first-order valence-corrected chi connectivity index (χ1v) is 8.70. The third-order valence-electron chi connectivity index (χ3n) is 4.25. The third-order valence-corrected chi connectivity index (χ3v) is 4.25. The van der Waals surface area contributed by atoms with Crippen molar-refractivity contribution >= 4 is 11.6 Å². The number of aryl methyl sites for hydroxylation is 2. The second-order valence-corrected chi connectivity index (χ2v) is 6.00. The van der Waals surface area contributed by atoms with E-state index in [1.54, 1.807) is 6.20 Å². The van der Waals surface area contributed by atoms with Crippen LogP contribution >= 0.6 is 0 Å². The lowest BCUT2D eigenvalue weighted by molar-refractivity contribution is 0.101. The molecule has 26 heavy (non-hydrogen) atoms. The van der Waals surface area contributed by atoms with Crippen LogP contribution in [0.2, 0.25) is 0 Å². The molecule has 0 aliphatic heterocycles. The van der Waals surface area contributed by atoms with E-state index in [4.69, 9.17) is 0 Å². The van der Waals surface area contributed by atoms with Gasteiger partial charge in [-0.2, -0.15) is 5.10 Å². The predicted molar refractivity (Wildman–Crippen MR) is 103 cm³/mol. The number of hydrogen-bond acceptors (Lipinski definition) is 3. The highest BCUT2D eigenvalue weighted by atomic mass is 16.2. The number of rotatable bonds is 5. The molecule has 0 fully saturated rings. The molecule has 0 saturated carbocycles. The minimum Gasteiger partial charge on any atom is -0.320 e. The van der Waals surface area contributed by atoms with E-state index in [2.05, 4.69) is 24.3 Å². The van der Waals surface area contributed by atoms with Crippen LogP contribution in [-0.2, 0) is 12.8 Å². The summed E-state index contributed by atoms with van der Waals surface area (Å²) < 4.78 is 1.54. The summed E-state index contributed by atoms with van der Waals surface area (Å²) in [6.07, 6.45) is 3.44. The lowest BCUT2D eigenvalue weighted by atomic mass is 10.1. The highest BCUT2D eigenvalue weighted by molar-refractivity contribution is 6.02. The lowest BCUT2D eigenvalue weighted by Crippen LogP contribution is -2.25. The summed E-state index contributed by atoms with van der Waals surface area (Å²) in [5.74, 6) is -0.515. The van der Waals surface area contributed by atoms with Gasteiger partial charge in [-0.3, -0.25) is 9.59 Å². The molecule has 5 heteroatoms. The van der Waals surface area contributed by atoms with Crippen LogP contribution in [0.4, 0.5) is 5.69 Å². The van der Waals surface area contributed by atoms with E-state index in [-0.39, 0.29) is 5.69 Å². The minimum atomic E-state index is -0.515. The summed E-state index contributed by atoms with van der Waals surface area (Å²) in [7, 11) is 0. The Hall–Kier alpha value is -3.21. The van der Waals surface area contributed by atoms with Crippen molar-refractivity contribution in [2.45, 2.75) is 26.7 Å². The summed E-state index contributed by atoms with van der Waals surface area (Å²) in [4.78, 5) is 24.6. The van der Waals surface area contributed by atoms with Crippen LogP contribution in [0.5, 0.6) is 0 Å². The maximum absolute atomic E-state index is 12.5. The zero-order valence-electron chi connectivity index (χ0n) is 14.9. The van der Waals surface area contributed by atoms with Gasteiger partial charge in [0.1, 0.15) is 0 Å². The Kier molecular flexibility index (Phi) is 5.27. The van der Waals surface area contributed by atoms with Gasteiger partial charge in [0, 0.05) is 18.0 Å². The van der Waals surface area contributed by atoms with Crippen LogP contribution in [0.15, 0.2) is 65.6 Å². The fourth-order valence-electron chi connectivity index (χ4n) is 2.61. The molecule has 0 saturated heterocycles. The van der Waals surface area contributed by atoms with Crippen LogP contribution in [0.1, 0.15) is 35.5 Å². The van der Waals surface area contributed by atoms with E-state index in [1.165, 1.54) is 21.9 Å². The maximum Gasteiger partial charge on any atom is 0.280 e. The van der Waals surface area contributed by atoms with Crippen molar-refractivity contribution in [3.63, 3.8) is 0 Å². The molecule has 1 N–H and O–H groups in total. The number of carbonyl (C=O) groups is 1. The monoisotopic (exact) mass is 347 g/mol. The first kappa shape index (κ1) is 17.6. The number of nitrogens with zero attached hydrogens (tertiary/aromatic N) is 2. The molecule has 0 spiro atoms. The fraction of sp³-hybridized carbons (Fsp3) is 0.190. The van der Waals surface area contributed by atoms with Crippen molar-refractivity contribution in [2.75, 3.05) is 5.32 Å². The van der Waals surface area contributed by atoms with E-state index in [0.717, 1.165) is 18.5 Å². The number of hydrogen-bond donors (Lipinski definition) is 1. The second-order valence-electron chi connectivity index (χ2n) is 6.00. The molecule has 0 bridgehead atoms. The normalized spacial score (nSPS) is 10.5. The van der Waals surface area contributed by atoms with Crippen molar-refractivity contribution in [3.8, 4) is 5.69 Å². The maximum atomic E-state index is 12.5. The fourth-order valence-corrected chi connectivity index (χ4v) is 2.61. The Morgan fingerprint density at radius 2 is 1.50 bits per heavy atom. The van der Waals surface area contributed by atoms with Crippen LogP contribution in [0, 0.1) is 0 Å². The van der Waals surface area contributed by atoms with Crippen molar-refractivity contribution in [1.82, 2.24) is 9.78 Å². The van der Waals surface area contributed by atoms with Crippen LogP contribution in [0.25, 0.3) is 5.69 Å². The number of amides is 1. The van der Waals surface area contributed by atoms with Crippen LogP contribution in [-0.4, -0.2) is 15.7 Å². The van der Waals surface area contributed by atoms with Gasteiger partial charge < -0.3 is 5.32 Å². The zero-order valence-corrected chi connectivity index (χ0v) is 14.9. The molecular formula is C21H21N3O2. The topological polar surface area (TPSA) is 64.0 Å². The van der Waals surface area contributed by atoms with Gasteiger partial charge in [-0.05, 0) is 48.2 Å². The van der Waals surface area contributed by atoms with E-state index < -0.39 is 11.3 Å². The van der Waals surface area contributed by atoms with Gasteiger partial charge in [0.05, 0.1) is 5.69 Å². The van der Waals surface area contributed by atoms with Crippen molar-refractivity contribution in [1.29, 1.82) is 0 Å². The van der Waals surface area contributed by atoms with E-state index >= 15 is 0 Å². The Morgan fingerprint density at radius 1 is 0.923 bits per heavy atom. The molecule has 0 unspecified atom stereocenters. The first-order valence-electron chi connectivity index (χ1n) is 8.70. The molecule has 1 heterocycles. The molecule has 1 amide bonds. The average molecular weight is 347 g/mol. The Morgan fingerprint density at radius 3 is 2.08 bits per heavy atom. The molecule has 5 nitrogen and oxygen atoms in total. The lowest BCUT2D eigenvalue weighted by Gasteiger charge is -2.09. The van der Waals surface area contributed by atoms with Crippen LogP contribution in [0.3, 0.4) is 0 Å². The van der Waals surface area contributed by atoms with Gasteiger partial charge in [-0.15, -0.1) is 0 Å². The molecule has 2 aromatic carbocycles. The molecule has 132 valence electrons. The van der Waals surface area contributed by atoms with Gasteiger partial charge in [0.15, 0.2) is 5.69 Å². The molecule has 0 radical (unpaired) electrons. The zero-order chi connectivity index (χ0) is 18.5. The minimum absolute atomic E-state index is 0.133. The van der Waals surface area contributed by atoms with E-state index in [1.807, 2.05) is 48.5 Å². The Labute approximate surface area is 152 Å². The number of anilines is 1. The molecule has 0 aliphatic carbocycles. The summed E-state index contributed by atoms with van der Waals surface area (Å²) >= 11 is 0. The Bertz CT molecular complexity index is 958. The highest BCUT2D eigenvalue weighted by Crippen LogP contribution is 2.12. The summed E-state index contributed by atoms with van der Waals surface area (Å²) in [5, 5.41) is 6.95. The number of aromatic nitrogens is 2. The number of carbonyl (C=O) groups excluding carboxylic acids is 1.